The first-order valence-electron chi connectivity index (χ1n) is 4.34. The second-order valence-corrected chi connectivity index (χ2v) is 3.46. The van der Waals surface area contributed by atoms with Crippen LogP contribution in [0, 0.1) is 5.92 Å². The lowest BCUT2D eigenvalue weighted by molar-refractivity contribution is 0.604. The molecule has 60 valence electrons. The van der Waals surface area contributed by atoms with Crippen molar-refractivity contribution in [3.05, 3.63) is 18.0 Å². The Bertz CT molecular complexity index is 252. The third kappa shape index (κ3) is 1.17. The van der Waals surface area contributed by atoms with Gasteiger partial charge in [-0.05, 0) is 24.3 Å². The highest BCUT2D eigenvalue weighted by molar-refractivity contribution is 5.05. The summed E-state index contributed by atoms with van der Waals surface area (Å²) >= 11 is 0. The molecular formula is C9H14N2. The van der Waals surface area contributed by atoms with Gasteiger partial charge in [0, 0.05) is 6.20 Å². The van der Waals surface area contributed by atoms with Gasteiger partial charge < -0.3 is 0 Å². The van der Waals surface area contributed by atoms with E-state index >= 15 is 0 Å². The summed E-state index contributed by atoms with van der Waals surface area (Å²) in [5, 5.41) is 4.32. The van der Waals surface area contributed by atoms with Gasteiger partial charge in [0.25, 0.3) is 0 Å². The molecule has 0 aliphatic heterocycles. The van der Waals surface area contributed by atoms with Crippen molar-refractivity contribution in [2.24, 2.45) is 5.92 Å². The Balaban J connectivity index is 2.13. The van der Waals surface area contributed by atoms with Crippen molar-refractivity contribution in [2.75, 3.05) is 0 Å². The first-order chi connectivity index (χ1) is 5.31. The van der Waals surface area contributed by atoms with Crippen LogP contribution in [0.3, 0.4) is 0 Å². The van der Waals surface area contributed by atoms with E-state index < -0.39 is 0 Å². The van der Waals surface area contributed by atoms with Crippen molar-refractivity contribution in [3.8, 4) is 0 Å². The molecule has 1 heterocycles. The molecule has 2 atom stereocenters. The fourth-order valence-corrected chi connectivity index (χ4v) is 1.41. The van der Waals surface area contributed by atoms with E-state index in [0.29, 0.717) is 6.04 Å². The molecule has 1 aliphatic rings. The first kappa shape index (κ1) is 6.89. The highest BCUT2D eigenvalue weighted by Crippen LogP contribution is 2.41. The van der Waals surface area contributed by atoms with E-state index in [9.17, 15) is 0 Å². The van der Waals surface area contributed by atoms with Crippen LogP contribution in [0.5, 0.6) is 0 Å². The minimum atomic E-state index is 0.704. The molecule has 0 bridgehead atoms. The van der Waals surface area contributed by atoms with Crippen molar-refractivity contribution >= 4 is 0 Å². The standard InChI is InChI=1S/C9H14N2/c1-3-8-5-10-11(6-8)9-4-7(9)2/h5-7,9H,3-4H2,1-2H3/t7-,9+/m1/s1. The van der Waals surface area contributed by atoms with Gasteiger partial charge in [0.2, 0.25) is 0 Å². The average molecular weight is 150 g/mol. The maximum absolute atomic E-state index is 4.32. The van der Waals surface area contributed by atoms with Gasteiger partial charge in [0.15, 0.2) is 0 Å². The lowest BCUT2D eigenvalue weighted by Gasteiger charge is -1.94. The van der Waals surface area contributed by atoms with Crippen LogP contribution in [-0.2, 0) is 6.42 Å². The van der Waals surface area contributed by atoms with Crippen molar-refractivity contribution in [3.63, 3.8) is 0 Å². The van der Waals surface area contributed by atoms with Crippen LogP contribution in [0.1, 0.15) is 31.9 Å². The van der Waals surface area contributed by atoms with Crippen LogP contribution in [0.2, 0.25) is 0 Å². The molecule has 0 aromatic carbocycles. The molecule has 0 unspecified atom stereocenters. The summed E-state index contributed by atoms with van der Waals surface area (Å²) in [5.74, 6) is 0.847. The molecule has 2 nitrogen and oxygen atoms in total. The second kappa shape index (κ2) is 2.36. The van der Waals surface area contributed by atoms with Crippen LogP contribution in [-0.4, -0.2) is 9.78 Å². The van der Waals surface area contributed by atoms with E-state index in [1.165, 1.54) is 12.0 Å². The molecule has 0 N–H and O–H groups in total. The van der Waals surface area contributed by atoms with Crippen LogP contribution in [0.25, 0.3) is 0 Å². The Morgan fingerprint density at radius 1 is 1.73 bits per heavy atom. The summed E-state index contributed by atoms with van der Waals surface area (Å²) in [6.07, 6.45) is 6.56. The van der Waals surface area contributed by atoms with Gasteiger partial charge >= 0.3 is 0 Å². The molecule has 1 aromatic heterocycles. The summed E-state index contributed by atoms with van der Waals surface area (Å²) in [6.45, 7) is 4.44. The molecule has 1 saturated carbocycles. The van der Waals surface area contributed by atoms with Crippen molar-refractivity contribution in [2.45, 2.75) is 32.7 Å². The summed E-state index contributed by atoms with van der Waals surface area (Å²) in [4.78, 5) is 0. The van der Waals surface area contributed by atoms with E-state index in [2.05, 4.69) is 29.8 Å². The van der Waals surface area contributed by atoms with Crippen molar-refractivity contribution in [1.82, 2.24) is 9.78 Å². The Hall–Kier alpha value is -0.790. The van der Waals surface area contributed by atoms with Crippen molar-refractivity contribution in [1.29, 1.82) is 0 Å². The Kier molecular flexibility index (Phi) is 1.48. The molecule has 1 aliphatic carbocycles. The van der Waals surface area contributed by atoms with E-state index in [4.69, 9.17) is 0 Å². The molecule has 0 radical (unpaired) electrons. The van der Waals surface area contributed by atoms with Gasteiger partial charge in [-0.25, -0.2) is 0 Å². The van der Waals surface area contributed by atoms with Crippen LogP contribution < -0.4 is 0 Å². The van der Waals surface area contributed by atoms with Gasteiger partial charge in [0.1, 0.15) is 0 Å². The van der Waals surface area contributed by atoms with Crippen molar-refractivity contribution < 1.29 is 0 Å². The number of nitrogens with zero attached hydrogens (tertiary/aromatic N) is 2. The number of hydrogen-bond acceptors (Lipinski definition) is 1. The minimum Gasteiger partial charge on any atom is -0.269 e. The fourth-order valence-electron chi connectivity index (χ4n) is 1.41. The topological polar surface area (TPSA) is 17.8 Å². The van der Waals surface area contributed by atoms with Gasteiger partial charge in [0.05, 0.1) is 12.2 Å². The zero-order valence-electron chi connectivity index (χ0n) is 7.12. The molecule has 2 rings (SSSR count). The van der Waals surface area contributed by atoms with E-state index in [1.807, 2.05) is 6.20 Å². The smallest absolute Gasteiger partial charge is 0.0548 e. The largest absolute Gasteiger partial charge is 0.269 e. The quantitative estimate of drug-likeness (QED) is 0.630. The molecule has 11 heavy (non-hydrogen) atoms. The highest BCUT2D eigenvalue weighted by Gasteiger charge is 2.34. The lowest BCUT2D eigenvalue weighted by atomic mass is 10.3. The first-order valence-corrected chi connectivity index (χ1v) is 4.34. The normalized spacial score (nSPS) is 28.9. The third-order valence-electron chi connectivity index (χ3n) is 2.47. The maximum Gasteiger partial charge on any atom is 0.0548 e. The Morgan fingerprint density at radius 2 is 2.45 bits per heavy atom. The van der Waals surface area contributed by atoms with E-state index in [1.54, 1.807) is 0 Å². The molecule has 0 saturated heterocycles. The molecule has 0 spiro atoms. The summed E-state index contributed by atoms with van der Waals surface area (Å²) in [6, 6.07) is 0.704. The number of rotatable bonds is 2. The number of hydrogen-bond donors (Lipinski definition) is 0. The average Bonchev–Trinajstić information content (AvgIpc) is 2.59. The highest BCUT2D eigenvalue weighted by atomic mass is 15.3. The summed E-state index contributed by atoms with van der Waals surface area (Å²) in [7, 11) is 0. The van der Waals surface area contributed by atoms with Crippen LogP contribution in [0.4, 0.5) is 0 Å². The molecule has 2 heteroatoms. The molecule has 1 fully saturated rings. The fraction of sp³-hybridized carbons (Fsp3) is 0.667. The summed E-state index contributed by atoms with van der Waals surface area (Å²) in [5.41, 5.74) is 1.35. The zero-order chi connectivity index (χ0) is 7.84. The Labute approximate surface area is 67.2 Å². The van der Waals surface area contributed by atoms with Crippen LogP contribution in [0.15, 0.2) is 12.4 Å². The zero-order valence-corrected chi connectivity index (χ0v) is 7.12. The minimum absolute atomic E-state index is 0.704. The van der Waals surface area contributed by atoms with Gasteiger partial charge in [-0.3, -0.25) is 4.68 Å². The van der Waals surface area contributed by atoms with Crippen LogP contribution >= 0.6 is 0 Å². The predicted octanol–water partition coefficient (Wildman–Crippen LogP) is 2.03. The lowest BCUT2D eigenvalue weighted by Crippen LogP contribution is -1.94. The monoisotopic (exact) mass is 150 g/mol. The SMILES string of the molecule is CCc1cnn([C@H]2C[C@H]2C)c1. The molecule has 0 amide bonds. The van der Waals surface area contributed by atoms with Gasteiger partial charge in [-0.15, -0.1) is 0 Å². The number of aryl methyl sites for hydroxylation is 1. The summed E-state index contributed by atoms with van der Waals surface area (Å²) < 4.78 is 2.11. The predicted molar refractivity (Wildman–Crippen MR) is 44.4 cm³/mol. The number of aromatic nitrogens is 2. The van der Waals surface area contributed by atoms with E-state index in [-0.39, 0.29) is 0 Å². The molecular weight excluding hydrogens is 136 g/mol. The Morgan fingerprint density at radius 3 is 2.91 bits per heavy atom. The third-order valence-corrected chi connectivity index (χ3v) is 2.47. The maximum atomic E-state index is 4.32. The molecule has 1 aromatic rings. The van der Waals surface area contributed by atoms with Gasteiger partial charge in [-0.1, -0.05) is 13.8 Å². The van der Waals surface area contributed by atoms with Gasteiger partial charge in [-0.2, -0.15) is 5.10 Å². The van der Waals surface area contributed by atoms with E-state index in [0.717, 1.165) is 12.3 Å². The second-order valence-electron chi connectivity index (χ2n) is 3.46.